The van der Waals surface area contributed by atoms with Gasteiger partial charge in [0, 0.05) is 0 Å². The Morgan fingerprint density at radius 3 is 1.12 bits per heavy atom. The fourth-order valence-corrected chi connectivity index (χ4v) is 0. The zero-order valence-electron chi connectivity index (χ0n) is 4.20. The van der Waals surface area contributed by atoms with E-state index in [1.165, 1.54) is 0 Å². The first-order valence-electron chi connectivity index (χ1n) is 1.78. The van der Waals surface area contributed by atoms with Gasteiger partial charge in [-0.2, -0.15) is 0 Å². The van der Waals surface area contributed by atoms with Gasteiger partial charge in [-0.05, 0) is 0 Å². The Labute approximate surface area is 58.9 Å². The molecule has 0 atom stereocenters. The van der Waals surface area contributed by atoms with Gasteiger partial charge in [0.25, 0.3) is 0 Å². The molecule has 8 heavy (non-hydrogen) atoms. The summed E-state index contributed by atoms with van der Waals surface area (Å²) in [6.07, 6.45) is 0. The van der Waals surface area contributed by atoms with Crippen LogP contribution in [0.15, 0.2) is 0 Å². The molecule has 52 valence electrons. The highest BCUT2D eigenvalue weighted by Gasteiger charge is 2.00. The molecule has 0 saturated carbocycles. The molecule has 0 rings (SSSR count). The summed E-state index contributed by atoms with van der Waals surface area (Å²) in [4.78, 5) is 21.6. The van der Waals surface area contributed by atoms with Crippen molar-refractivity contribution in [3.63, 3.8) is 0 Å². The summed E-state index contributed by atoms with van der Waals surface area (Å²) in [5, 5.41) is 0. The maximum Gasteiger partial charge on any atom is 0.466 e. The topological polar surface area (TPSA) is 77.8 Å². The van der Waals surface area contributed by atoms with Crippen LogP contribution in [0.5, 0.6) is 0 Å². The summed E-state index contributed by atoms with van der Waals surface area (Å²) in [6, 6.07) is 0. The van der Waals surface area contributed by atoms with Crippen LogP contribution in [0.2, 0.25) is 0 Å². The molecule has 6 heteroatoms. The van der Waals surface area contributed by atoms with Crippen molar-refractivity contribution >= 4 is 25.2 Å². The van der Waals surface area contributed by atoms with Crippen LogP contribution in [0, 0.1) is 0 Å². The van der Waals surface area contributed by atoms with E-state index in [9.17, 15) is 0 Å². The average Bonchev–Trinajstić information content (AvgIpc) is 1.36. The number of phosphoric acid groups is 1. The van der Waals surface area contributed by atoms with Crippen molar-refractivity contribution in [2.75, 3.05) is 0 Å². The molecule has 0 aromatic carbocycles. The first-order chi connectivity index (χ1) is 3.00. The SMILES string of the molecule is CC.O=P(O)(O)O.[AlH3]. The molecular formula is C2H12AlO4P. The van der Waals surface area contributed by atoms with Crippen LogP contribution in [-0.4, -0.2) is 32.0 Å². The fraction of sp³-hybridized carbons (Fsp3) is 1.00. The van der Waals surface area contributed by atoms with E-state index in [1.54, 1.807) is 0 Å². The third-order valence-electron chi connectivity index (χ3n) is 0. The van der Waals surface area contributed by atoms with Crippen LogP contribution in [-0.2, 0) is 4.57 Å². The zero-order chi connectivity index (χ0) is 6.50. The number of hydrogen-bond donors (Lipinski definition) is 3. The van der Waals surface area contributed by atoms with Gasteiger partial charge in [0.1, 0.15) is 0 Å². The van der Waals surface area contributed by atoms with E-state index in [1.807, 2.05) is 13.8 Å². The van der Waals surface area contributed by atoms with Gasteiger partial charge in [0.2, 0.25) is 0 Å². The predicted octanol–water partition coefficient (Wildman–Crippen LogP) is -1.09. The van der Waals surface area contributed by atoms with Gasteiger partial charge in [-0.3, -0.25) is 0 Å². The highest BCUT2D eigenvalue weighted by molar-refractivity contribution is 7.45. The molecule has 0 spiro atoms. The lowest BCUT2D eigenvalue weighted by atomic mass is 11.0. The molecule has 0 saturated heterocycles. The molecule has 0 fully saturated rings. The van der Waals surface area contributed by atoms with Crippen molar-refractivity contribution in [3.8, 4) is 0 Å². The Kier molecular flexibility index (Phi) is 15.1. The first-order valence-corrected chi connectivity index (χ1v) is 3.35. The third-order valence-corrected chi connectivity index (χ3v) is 0. The first kappa shape index (κ1) is 15.9. The summed E-state index contributed by atoms with van der Waals surface area (Å²) < 4.78 is 8.88. The van der Waals surface area contributed by atoms with Gasteiger partial charge in [0.05, 0.1) is 0 Å². The Morgan fingerprint density at radius 2 is 1.12 bits per heavy atom. The van der Waals surface area contributed by atoms with Crippen LogP contribution < -0.4 is 0 Å². The molecule has 0 aliphatic heterocycles. The van der Waals surface area contributed by atoms with E-state index in [0.29, 0.717) is 0 Å². The highest BCUT2D eigenvalue weighted by Crippen LogP contribution is 2.25. The minimum Gasteiger partial charge on any atom is -0.303 e. The molecule has 0 bridgehead atoms. The van der Waals surface area contributed by atoms with Crippen LogP contribution in [0.3, 0.4) is 0 Å². The summed E-state index contributed by atoms with van der Waals surface area (Å²) in [7, 11) is -4.64. The zero-order valence-corrected chi connectivity index (χ0v) is 5.09. The monoisotopic (exact) mass is 158 g/mol. The van der Waals surface area contributed by atoms with Crippen molar-refractivity contribution in [2.45, 2.75) is 13.8 Å². The quantitative estimate of drug-likeness (QED) is 0.309. The smallest absolute Gasteiger partial charge is 0.303 e. The van der Waals surface area contributed by atoms with Gasteiger partial charge in [-0.25, -0.2) is 4.57 Å². The number of rotatable bonds is 0. The second kappa shape index (κ2) is 7.64. The standard InChI is InChI=1S/C2H6.Al.H3O4P.3H/c1-2;;1-5(2,3)4;;;/h1-2H3;;(H3,1,2,3,4);;;. The van der Waals surface area contributed by atoms with E-state index < -0.39 is 7.82 Å². The summed E-state index contributed by atoms with van der Waals surface area (Å²) in [6.45, 7) is 4.00. The minimum atomic E-state index is -4.64. The largest absolute Gasteiger partial charge is 0.466 e. The Balaban J connectivity index is -0.0000000750. The average molecular weight is 158 g/mol. The maximum absolute atomic E-state index is 8.88. The van der Waals surface area contributed by atoms with Gasteiger partial charge in [-0.15, -0.1) is 0 Å². The van der Waals surface area contributed by atoms with E-state index >= 15 is 0 Å². The molecule has 0 amide bonds. The molecule has 0 radical (unpaired) electrons. The minimum absolute atomic E-state index is 0. The summed E-state index contributed by atoms with van der Waals surface area (Å²) in [5.41, 5.74) is 0. The Hall–Kier alpha value is 0.642. The molecule has 0 aromatic rings. The van der Waals surface area contributed by atoms with Gasteiger partial charge < -0.3 is 14.7 Å². The van der Waals surface area contributed by atoms with Gasteiger partial charge in [-0.1, -0.05) is 13.8 Å². The van der Waals surface area contributed by atoms with Crippen molar-refractivity contribution in [2.24, 2.45) is 0 Å². The lowest BCUT2D eigenvalue weighted by Gasteiger charge is -1.82. The predicted molar refractivity (Wildman–Crippen MR) is 35.5 cm³/mol. The van der Waals surface area contributed by atoms with Crippen LogP contribution in [0.25, 0.3) is 0 Å². The molecule has 0 aliphatic carbocycles. The molecule has 0 aromatic heterocycles. The molecule has 0 unspecified atom stereocenters. The molecule has 3 N–H and O–H groups in total. The van der Waals surface area contributed by atoms with Gasteiger partial charge in [0.15, 0.2) is 17.4 Å². The maximum atomic E-state index is 8.88. The van der Waals surface area contributed by atoms with E-state index in [2.05, 4.69) is 0 Å². The lowest BCUT2D eigenvalue weighted by molar-refractivity contribution is 0.275. The molecular weight excluding hydrogens is 146 g/mol. The Bertz CT molecular complexity index is 60.2. The van der Waals surface area contributed by atoms with E-state index in [-0.39, 0.29) is 17.4 Å². The van der Waals surface area contributed by atoms with Crippen molar-refractivity contribution < 1.29 is 19.2 Å². The van der Waals surface area contributed by atoms with Gasteiger partial charge >= 0.3 is 7.82 Å². The van der Waals surface area contributed by atoms with Crippen molar-refractivity contribution in [1.29, 1.82) is 0 Å². The second-order valence-corrected chi connectivity index (χ2v) is 1.54. The van der Waals surface area contributed by atoms with Crippen LogP contribution in [0.1, 0.15) is 13.8 Å². The molecule has 4 nitrogen and oxygen atoms in total. The van der Waals surface area contributed by atoms with Crippen molar-refractivity contribution in [3.05, 3.63) is 0 Å². The van der Waals surface area contributed by atoms with Crippen LogP contribution >= 0.6 is 7.82 Å². The molecule has 0 aliphatic rings. The molecule has 0 heterocycles. The summed E-state index contributed by atoms with van der Waals surface area (Å²) in [5.74, 6) is 0. The normalized spacial score (nSPS) is 8.12. The second-order valence-electron chi connectivity index (χ2n) is 0.513. The number of hydrogen-bond acceptors (Lipinski definition) is 1. The lowest BCUT2D eigenvalue weighted by Crippen LogP contribution is -1.66. The van der Waals surface area contributed by atoms with Crippen molar-refractivity contribution in [1.82, 2.24) is 0 Å². The highest BCUT2D eigenvalue weighted by atomic mass is 31.2. The third kappa shape index (κ3) is 512. The van der Waals surface area contributed by atoms with E-state index in [4.69, 9.17) is 19.2 Å². The fourth-order valence-electron chi connectivity index (χ4n) is 0. The van der Waals surface area contributed by atoms with E-state index in [0.717, 1.165) is 0 Å². The summed E-state index contributed by atoms with van der Waals surface area (Å²) >= 11 is 0. The van der Waals surface area contributed by atoms with Crippen LogP contribution in [0.4, 0.5) is 0 Å². The Morgan fingerprint density at radius 1 is 1.12 bits per heavy atom.